The van der Waals surface area contributed by atoms with Gasteiger partial charge < -0.3 is 10.1 Å². The third-order valence-electron chi connectivity index (χ3n) is 7.08. The molecular weight excluding hydrogens is 438 g/mol. The number of benzene rings is 1. The predicted molar refractivity (Wildman–Crippen MR) is 142 cm³/mol. The summed E-state index contributed by atoms with van der Waals surface area (Å²) in [4.78, 5) is 39.8. The SMILES string of the molecule is CCCCCCCCC(=O)C1Cc2ccc(cc2)OCCCC(C(=O)CC)C(CC(C)C)C(=O)N1. The van der Waals surface area contributed by atoms with Gasteiger partial charge in [-0.05, 0) is 55.7 Å². The Hall–Kier alpha value is -2.17. The molecule has 0 radical (unpaired) electrons. The molecule has 2 aliphatic heterocycles. The summed E-state index contributed by atoms with van der Waals surface area (Å²) in [5, 5.41) is 3.11. The Morgan fingerprint density at radius 3 is 2.34 bits per heavy atom. The van der Waals surface area contributed by atoms with Gasteiger partial charge in [-0.15, -0.1) is 0 Å². The van der Waals surface area contributed by atoms with Gasteiger partial charge in [-0.1, -0.05) is 71.9 Å². The highest BCUT2D eigenvalue weighted by molar-refractivity contribution is 5.93. The maximum Gasteiger partial charge on any atom is 0.224 e. The summed E-state index contributed by atoms with van der Waals surface area (Å²) in [5.41, 5.74) is 0.998. The Kier molecular flexibility index (Phi) is 13.1. The van der Waals surface area contributed by atoms with E-state index in [1.165, 1.54) is 19.3 Å². The molecule has 5 heteroatoms. The lowest BCUT2D eigenvalue weighted by atomic mass is 9.78. The second-order valence-electron chi connectivity index (χ2n) is 10.5. The van der Waals surface area contributed by atoms with Gasteiger partial charge in [-0.2, -0.15) is 0 Å². The summed E-state index contributed by atoms with van der Waals surface area (Å²) in [7, 11) is 0. The summed E-state index contributed by atoms with van der Waals surface area (Å²) in [5.74, 6) is 0.361. The van der Waals surface area contributed by atoms with Gasteiger partial charge >= 0.3 is 0 Å². The number of hydrogen-bond donors (Lipinski definition) is 1. The van der Waals surface area contributed by atoms with Gasteiger partial charge in [0.05, 0.1) is 12.6 Å². The van der Waals surface area contributed by atoms with Crippen LogP contribution < -0.4 is 10.1 Å². The number of rotatable bonds is 12. The van der Waals surface area contributed by atoms with Crippen LogP contribution in [0.4, 0.5) is 0 Å². The van der Waals surface area contributed by atoms with Crippen LogP contribution >= 0.6 is 0 Å². The molecule has 2 aliphatic rings. The fourth-order valence-corrected chi connectivity index (χ4v) is 5.04. The van der Waals surface area contributed by atoms with Gasteiger partial charge in [-0.3, -0.25) is 14.4 Å². The maximum atomic E-state index is 13.6. The third-order valence-corrected chi connectivity index (χ3v) is 7.08. The molecule has 1 aromatic carbocycles. The lowest BCUT2D eigenvalue weighted by molar-refractivity contribution is -0.136. The van der Waals surface area contributed by atoms with Crippen LogP contribution in [0, 0.1) is 17.8 Å². The number of unbranched alkanes of at least 4 members (excludes halogenated alkanes) is 5. The van der Waals surface area contributed by atoms with Crippen molar-refractivity contribution in [2.45, 2.75) is 111 Å². The fourth-order valence-electron chi connectivity index (χ4n) is 5.04. The Labute approximate surface area is 212 Å². The quantitative estimate of drug-likeness (QED) is 0.345. The summed E-state index contributed by atoms with van der Waals surface area (Å²) < 4.78 is 5.90. The van der Waals surface area contributed by atoms with Crippen molar-refractivity contribution in [1.29, 1.82) is 0 Å². The van der Waals surface area contributed by atoms with E-state index in [0.717, 1.165) is 30.6 Å². The Bertz CT molecular complexity index is 786. The Morgan fingerprint density at radius 1 is 1.00 bits per heavy atom. The molecule has 1 N–H and O–H groups in total. The average Bonchev–Trinajstić information content (AvgIpc) is 2.84. The molecule has 3 unspecified atom stereocenters. The highest BCUT2D eigenvalue weighted by Crippen LogP contribution is 2.28. The van der Waals surface area contributed by atoms with E-state index < -0.39 is 12.0 Å². The van der Waals surface area contributed by atoms with Gasteiger partial charge in [-0.25, -0.2) is 0 Å². The highest BCUT2D eigenvalue weighted by atomic mass is 16.5. The van der Waals surface area contributed by atoms with E-state index in [-0.39, 0.29) is 29.3 Å². The van der Waals surface area contributed by atoms with Crippen molar-refractivity contribution in [1.82, 2.24) is 5.32 Å². The minimum absolute atomic E-state index is 0.0860. The molecule has 2 heterocycles. The summed E-state index contributed by atoms with van der Waals surface area (Å²) in [6, 6.07) is 7.24. The van der Waals surface area contributed by atoms with Crippen LogP contribution in [-0.4, -0.2) is 30.1 Å². The fraction of sp³-hybridized carbons (Fsp3) is 0.700. The van der Waals surface area contributed by atoms with Crippen LogP contribution in [0.1, 0.15) is 104 Å². The van der Waals surface area contributed by atoms with Crippen LogP contribution in [0.5, 0.6) is 5.75 Å². The third kappa shape index (κ3) is 10.1. The van der Waals surface area contributed by atoms with E-state index in [0.29, 0.717) is 45.1 Å². The molecule has 0 saturated carbocycles. The molecule has 0 spiro atoms. The second kappa shape index (κ2) is 15.7. The summed E-state index contributed by atoms with van der Waals surface area (Å²) in [6.07, 6.45) is 10.0. The molecule has 1 aromatic rings. The first-order chi connectivity index (χ1) is 16.8. The van der Waals surface area contributed by atoms with Crippen molar-refractivity contribution in [2.24, 2.45) is 17.8 Å². The smallest absolute Gasteiger partial charge is 0.224 e. The van der Waals surface area contributed by atoms with Gasteiger partial charge in [0.2, 0.25) is 5.91 Å². The number of fused-ring (bicyclic) bond motifs is 11. The zero-order chi connectivity index (χ0) is 25.6. The zero-order valence-electron chi connectivity index (χ0n) is 22.4. The van der Waals surface area contributed by atoms with Crippen LogP contribution in [0.3, 0.4) is 0 Å². The predicted octanol–water partition coefficient (Wildman–Crippen LogP) is 6.46. The van der Waals surface area contributed by atoms with Gasteiger partial charge in [0.25, 0.3) is 0 Å². The summed E-state index contributed by atoms with van der Waals surface area (Å²) in [6.45, 7) is 8.74. The number of amides is 1. The number of hydrogen-bond acceptors (Lipinski definition) is 4. The first-order valence-electron chi connectivity index (χ1n) is 13.9. The minimum Gasteiger partial charge on any atom is -0.494 e. The molecule has 2 bridgehead atoms. The molecule has 0 aromatic heterocycles. The van der Waals surface area contributed by atoms with Crippen molar-refractivity contribution in [3.05, 3.63) is 29.8 Å². The number of ether oxygens (including phenoxy) is 1. The molecule has 35 heavy (non-hydrogen) atoms. The average molecular weight is 486 g/mol. The van der Waals surface area contributed by atoms with Crippen LogP contribution in [0.25, 0.3) is 0 Å². The van der Waals surface area contributed by atoms with E-state index in [9.17, 15) is 14.4 Å². The number of Topliss-reactive ketones (excluding diaryl/α,β-unsaturated/α-hetero) is 2. The van der Waals surface area contributed by atoms with Gasteiger partial charge in [0, 0.05) is 24.7 Å². The van der Waals surface area contributed by atoms with E-state index in [1.807, 2.05) is 31.2 Å². The first-order valence-corrected chi connectivity index (χ1v) is 13.9. The molecule has 196 valence electrons. The van der Waals surface area contributed by atoms with Crippen LogP contribution in [0.15, 0.2) is 24.3 Å². The lowest BCUT2D eigenvalue weighted by Gasteiger charge is -2.29. The monoisotopic (exact) mass is 485 g/mol. The minimum atomic E-state index is -0.570. The molecular formula is C30H47NO4. The topological polar surface area (TPSA) is 72.5 Å². The van der Waals surface area contributed by atoms with Gasteiger partial charge in [0.1, 0.15) is 11.5 Å². The van der Waals surface area contributed by atoms with E-state index >= 15 is 0 Å². The first kappa shape index (κ1) is 29.1. The van der Waals surface area contributed by atoms with E-state index in [4.69, 9.17) is 4.74 Å². The number of nitrogens with one attached hydrogen (secondary N) is 1. The van der Waals surface area contributed by atoms with Crippen molar-refractivity contribution in [3.8, 4) is 5.75 Å². The van der Waals surface area contributed by atoms with E-state index in [2.05, 4.69) is 26.1 Å². The van der Waals surface area contributed by atoms with E-state index in [1.54, 1.807) is 0 Å². The van der Waals surface area contributed by atoms with Crippen molar-refractivity contribution < 1.29 is 19.1 Å². The number of carbonyl (C=O) groups excluding carboxylic acids is 3. The molecule has 5 nitrogen and oxygen atoms in total. The summed E-state index contributed by atoms with van der Waals surface area (Å²) >= 11 is 0. The lowest BCUT2D eigenvalue weighted by Crippen LogP contribution is -2.47. The van der Waals surface area contributed by atoms with Gasteiger partial charge in [0.15, 0.2) is 5.78 Å². The second-order valence-corrected chi connectivity index (χ2v) is 10.5. The molecule has 1 amide bonds. The zero-order valence-corrected chi connectivity index (χ0v) is 22.4. The van der Waals surface area contributed by atoms with Crippen molar-refractivity contribution >= 4 is 17.5 Å². The van der Waals surface area contributed by atoms with Crippen molar-refractivity contribution in [2.75, 3.05) is 6.61 Å². The molecule has 3 atom stereocenters. The molecule has 0 fully saturated rings. The Morgan fingerprint density at radius 2 is 1.69 bits per heavy atom. The molecule has 0 saturated heterocycles. The van der Waals surface area contributed by atoms with Crippen LogP contribution in [0.2, 0.25) is 0 Å². The largest absolute Gasteiger partial charge is 0.494 e. The normalized spacial score (nSPS) is 21.3. The maximum absolute atomic E-state index is 13.6. The standard InChI is InChI=1S/C30H47NO4/c1-5-7-8-9-10-11-14-29(33)27-21-23-15-17-24(18-16-23)35-19-12-13-25(28(32)6-2)26(20-22(3)4)30(34)31-27/h15-18,22,25-27H,5-14,19-21H2,1-4H3,(H,31,34). The van der Waals surface area contributed by atoms with Crippen molar-refractivity contribution in [3.63, 3.8) is 0 Å². The number of carbonyl (C=O) groups is 3. The Balaban J connectivity index is 2.24. The number of ketones is 2. The highest BCUT2D eigenvalue weighted by Gasteiger charge is 2.35. The molecule has 0 aliphatic carbocycles. The molecule has 3 rings (SSSR count). The van der Waals surface area contributed by atoms with Crippen LogP contribution in [-0.2, 0) is 20.8 Å².